The minimum Gasteiger partial charge on any atom is -0.475 e. The van der Waals surface area contributed by atoms with Crippen molar-refractivity contribution in [1.82, 2.24) is 4.90 Å². The Morgan fingerprint density at radius 3 is 2.29 bits per heavy atom. The van der Waals surface area contributed by atoms with E-state index in [0.717, 1.165) is 6.07 Å². The number of carboxylic acid groups (broad SMARTS) is 1. The van der Waals surface area contributed by atoms with Crippen molar-refractivity contribution in [3.8, 4) is 6.07 Å². The van der Waals surface area contributed by atoms with Gasteiger partial charge in [0.1, 0.15) is 22.8 Å². The molecule has 0 spiro atoms. The summed E-state index contributed by atoms with van der Waals surface area (Å²) in [5.74, 6) is -4.75. The van der Waals surface area contributed by atoms with Crippen molar-refractivity contribution in [1.29, 1.82) is 5.26 Å². The minimum absolute atomic E-state index is 0.0921. The van der Waals surface area contributed by atoms with Gasteiger partial charge in [-0.3, -0.25) is 9.69 Å². The van der Waals surface area contributed by atoms with Gasteiger partial charge in [0.25, 0.3) is 0 Å². The molecule has 0 saturated carbocycles. The van der Waals surface area contributed by atoms with E-state index < -0.39 is 47.3 Å². The number of hydrogen-bond donors (Lipinski definition) is 3. The highest BCUT2D eigenvalue weighted by molar-refractivity contribution is 6.31. The summed E-state index contributed by atoms with van der Waals surface area (Å²) >= 11 is 12.2. The predicted molar refractivity (Wildman–Crippen MR) is 158 cm³/mol. The van der Waals surface area contributed by atoms with Gasteiger partial charge in [-0.15, -0.1) is 0 Å². The van der Waals surface area contributed by atoms with Crippen LogP contribution in [0.5, 0.6) is 0 Å². The lowest BCUT2D eigenvalue weighted by atomic mass is 9.63. The number of hydrogen-bond acceptors (Lipinski definition) is 6. The van der Waals surface area contributed by atoms with E-state index in [1.54, 1.807) is 11.0 Å². The predicted octanol–water partition coefficient (Wildman–Crippen LogP) is 6.87. The van der Waals surface area contributed by atoms with Crippen molar-refractivity contribution in [3.05, 3.63) is 69.2 Å². The van der Waals surface area contributed by atoms with Crippen LogP contribution >= 0.6 is 23.2 Å². The van der Waals surface area contributed by atoms with E-state index in [-0.39, 0.29) is 64.9 Å². The summed E-state index contributed by atoms with van der Waals surface area (Å²) in [6.07, 6.45) is -4.71. The number of Topliss-reactive ketones (excluding diaryl/α,β-unsaturated/α-hetero) is 1. The molecule has 1 aliphatic rings. The Bertz CT molecular complexity index is 1400. The number of ketones is 1. The molecule has 1 fully saturated rings. The summed E-state index contributed by atoms with van der Waals surface area (Å²) in [7, 11) is 0. The summed E-state index contributed by atoms with van der Waals surface area (Å²) in [5.41, 5.74) is -1.58. The number of alkyl halides is 3. The Balaban J connectivity index is 0.000000900. The van der Waals surface area contributed by atoms with Gasteiger partial charge >= 0.3 is 12.1 Å². The van der Waals surface area contributed by atoms with Crippen molar-refractivity contribution in [2.45, 2.75) is 70.2 Å². The van der Waals surface area contributed by atoms with E-state index in [1.165, 1.54) is 24.3 Å². The Morgan fingerprint density at radius 1 is 1.16 bits per heavy atom. The molecule has 2 aromatic carbocycles. The number of nitriles is 1. The van der Waals surface area contributed by atoms with E-state index in [2.05, 4.69) is 6.07 Å². The fraction of sp³-hybridized carbons (Fsp3) is 0.516. The van der Waals surface area contributed by atoms with Crippen LogP contribution in [0.15, 0.2) is 36.4 Å². The number of aliphatic carboxylic acids is 1. The van der Waals surface area contributed by atoms with Crippen molar-refractivity contribution < 1.29 is 46.9 Å². The highest BCUT2D eigenvalue weighted by atomic mass is 35.5. The number of nitrogens with zero attached hydrogens (tertiary/aromatic N) is 2. The van der Waals surface area contributed by atoms with Gasteiger partial charge in [0.05, 0.1) is 36.4 Å². The van der Waals surface area contributed by atoms with Crippen LogP contribution in [0, 0.1) is 34.3 Å². The molecule has 0 aromatic heterocycles. The van der Waals surface area contributed by atoms with Crippen LogP contribution in [0.1, 0.15) is 63.6 Å². The number of benzene rings is 2. The monoisotopic (exact) mass is 680 g/mol. The Labute approximate surface area is 268 Å². The van der Waals surface area contributed by atoms with Crippen LogP contribution in [-0.4, -0.2) is 63.9 Å². The number of likely N-dealkylation sites (tertiary alicyclic amines) is 1. The molecule has 1 heterocycles. The van der Waals surface area contributed by atoms with E-state index in [1.807, 2.05) is 20.8 Å². The largest absolute Gasteiger partial charge is 0.490 e. The number of aliphatic hydroxyl groups is 2. The van der Waals surface area contributed by atoms with Gasteiger partial charge in [0, 0.05) is 29.1 Å². The summed E-state index contributed by atoms with van der Waals surface area (Å²) in [6.45, 7) is 5.83. The fourth-order valence-corrected chi connectivity index (χ4v) is 6.02. The third kappa shape index (κ3) is 9.83. The maximum Gasteiger partial charge on any atom is 0.490 e. The van der Waals surface area contributed by atoms with Gasteiger partial charge in [-0.2, -0.15) is 18.4 Å². The zero-order valence-corrected chi connectivity index (χ0v) is 26.4. The second kappa shape index (κ2) is 15.6. The molecule has 1 saturated heterocycles. The van der Waals surface area contributed by atoms with Gasteiger partial charge in [-0.1, -0.05) is 62.2 Å². The normalized spacial score (nSPS) is 21.0. The number of carbonyl (C=O) groups is 2. The number of halogens is 7. The van der Waals surface area contributed by atoms with Gasteiger partial charge in [-0.05, 0) is 48.8 Å². The average Bonchev–Trinajstić information content (AvgIpc) is 3.21. The first-order valence-corrected chi connectivity index (χ1v) is 14.7. The molecular formula is C31H35Cl2F5N2O5. The van der Waals surface area contributed by atoms with Crippen LogP contribution in [-0.2, 0) is 15.0 Å². The zero-order valence-electron chi connectivity index (χ0n) is 24.8. The third-order valence-corrected chi connectivity index (χ3v) is 7.94. The number of carbonyl (C=O) groups excluding carboxylic acids is 1. The van der Waals surface area contributed by atoms with Crippen molar-refractivity contribution >= 4 is 35.0 Å². The average molecular weight is 682 g/mol. The fourth-order valence-electron chi connectivity index (χ4n) is 5.67. The molecule has 2 aromatic rings. The maximum atomic E-state index is 15.6. The molecule has 0 unspecified atom stereocenters. The molecule has 0 aliphatic carbocycles. The Hall–Kier alpha value is -2.82. The first-order valence-electron chi connectivity index (χ1n) is 13.9. The molecule has 3 N–H and O–H groups in total. The topological polar surface area (TPSA) is 122 Å². The second-order valence-electron chi connectivity index (χ2n) is 12.1. The lowest BCUT2D eigenvalue weighted by molar-refractivity contribution is -0.192. The molecular weight excluding hydrogens is 646 g/mol. The molecule has 45 heavy (non-hydrogen) atoms. The number of aliphatic hydroxyl groups excluding tert-OH is 2. The first-order chi connectivity index (χ1) is 20.8. The molecule has 0 radical (unpaired) electrons. The summed E-state index contributed by atoms with van der Waals surface area (Å²) in [6, 6.07) is 10.0. The molecule has 3 rings (SSSR count). The standard InChI is InChI=1S/C29H34Cl2F2N2O3.C2HF3O2/c1-28(2,3)13-18-14-35(15-20(37)6-4-7-21(38)16-36)27(22-8-5-9-24(31)26(22)33)29(18,17-34)23-11-10-19(30)12-25(23)32;3-2(4,5)1(6)7/h5,8-12,18,21,27,36,38H,4,6-7,13-16H2,1-3H3;(H,6,7)/t18-,21+,27-,29-;/m1./s1. The zero-order chi connectivity index (χ0) is 34.3. The quantitative estimate of drug-likeness (QED) is 0.234. The Morgan fingerprint density at radius 2 is 1.78 bits per heavy atom. The summed E-state index contributed by atoms with van der Waals surface area (Å²) in [5, 5.41) is 36.6. The summed E-state index contributed by atoms with van der Waals surface area (Å²) < 4.78 is 62.9. The molecule has 14 heteroatoms. The summed E-state index contributed by atoms with van der Waals surface area (Å²) in [4.78, 5) is 23.7. The smallest absolute Gasteiger partial charge is 0.475 e. The molecule has 7 nitrogen and oxygen atoms in total. The number of carboxylic acids is 1. The highest BCUT2D eigenvalue weighted by Gasteiger charge is 2.58. The van der Waals surface area contributed by atoms with Crippen LogP contribution in [0.25, 0.3) is 0 Å². The van der Waals surface area contributed by atoms with Gasteiger partial charge in [0.2, 0.25) is 0 Å². The molecule has 248 valence electrons. The highest BCUT2D eigenvalue weighted by Crippen LogP contribution is 2.56. The van der Waals surface area contributed by atoms with Gasteiger partial charge < -0.3 is 15.3 Å². The van der Waals surface area contributed by atoms with E-state index in [0.29, 0.717) is 12.8 Å². The second-order valence-corrected chi connectivity index (χ2v) is 13.0. The first kappa shape index (κ1) is 38.4. The van der Waals surface area contributed by atoms with E-state index in [9.17, 15) is 28.3 Å². The van der Waals surface area contributed by atoms with Crippen molar-refractivity contribution in [3.63, 3.8) is 0 Å². The van der Waals surface area contributed by atoms with Crippen LogP contribution < -0.4 is 0 Å². The SMILES string of the molecule is CC(C)(C)C[C@@H]1CN(CC(=O)CCC[C@H](O)CO)[C@H](c2cccc(Cl)c2F)[C@@]1(C#N)c1ccc(Cl)cc1F.O=C(O)C(F)(F)F. The molecule has 0 bridgehead atoms. The van der Waals surface area contributed by atoms with E-state index >= 15 is 8.78 Å². The van der Waals surface area contributed by atoms with E-state index in [4.69, 9.17) is 38.2 Å². The molecule has 1 aliphatic heterocycles. The van der Waals surface area contributed by atoms with Crippen LogP contribution in [0.2, 0.25) is 10.0 Å². The lowest BCUT2D eigenvalue weighted by Gasteiger charge is -2.38. The van der Waals surface area contributed by atoms with Crippen molar-refractivity contribution in [2.75, 3.05) is 19.7 Å². The molecule has 4 atom stereocenters. The maximum absolute atomic E-state index is 15.6. The van der Waals surface area contributed by atoms with Gasteiger partial charge in [-0.25, -0.2) is 13.6 Å². The third-order valence-electron chi connectivity index (χ3n) is 7.42. The molecule has 0 amide bonds. The number of rotatable bonds is 10. The van der Waals surface area contributed by atoms with Gasteiger partial charge in [0.15, 0.2) is 0 Å². The van der Waals surface area contributed by atoms with Crippen LogP contribution in [0.4, 0.5) is 22.0 Å². The van der Waals surface area contributed by atoms with Crippen LogP contribution in [0.3, 0.4) is 0 Å². The van der Waals surface area contributed by atoms with Crippen molar-refractivity contribution in [2.24, 2.45) is 11.3 Å². The lowest BCUT2D eigenvalue weighted by Crippen LogP contribution is -2.40. The Kier molecular flexibility index (Phi) is 13.3. The minimum atomic E-state index is -5.08.